The Morgan fingerprint density at radius 3 is 2.86 bits per heavy atom. The highest BCUT2D eigenvalue weighted by Crippen LogP contribution is 2.14. The molecule has 120 valence electrons. The first-order chi connectivity index (χ1) is 10.5. The number of amides is 2. The van der Waals surface area contributed by atoms with Crippen molar-refractivity contribution in [1.82, 2.24) is 15.1 Å². The van der Waals surface area contributed by atoms with Crippen molar-refractivity contribution >= 4 is 23.4 Å². The van der Waals surface area contributed by atoms with Crippen LogP contribution in [-0.2, 0) is 16.1 Å². The van der Waals surface area contributed by atoms with Crippen molar-refractivity contribution in [1.29, 1.82) is 0 Å². The lowest BCUT2D eigenvalue weighted by Crippen LogP contribution is -2.52. The van der Waals surface area contributed by atoms with Crippen LogP contribution in [0.2, 0.25) is 5.02 Å². The van der Waals surface area contributed by atoms with Gasteiger partial charge < -0.3 is 10.2 Å². The van der Waals surface area contributed by atoms with Crippen molar-refractivity contribution in [2.75, 3.05) is 26.2 Å². The molecule has 1 saturated heterocycles. The van der Waals surface area contributed by atoms with Gasteiger partial charge in [0.1, 0.15) is 0 Å². The zero-order chi connectivity index (χ0) is 16.1. The van der Waals surface area contributed by atoms with Crippen LogP contribution in [0.5, 0.6) is 0 Å². The number of nitrogens with zero attached hydrogens (tertiary/aromatic N) is 2. The number of carbonyl (C=O) groups is 2. The average Bonchev–Trinajstić information content (AvgIpc) is 2.46. The zero-order valence-corrected chi connectivity index (χ0v) is 13.8. The Morgan fingerprint density at radius 1 is 1.45 bits per heavy atom. The molecule has 0 aliphatic carbocycles. The fourth-order valence-electron chi connectivity index (χ4n) is 2.42. The number of benzene rings is 1. The molecule has 1 aromatic rings. The van der Waals surface area contributed by atoms with Gasteiger partial charge in [-0.3, -0.25) is 14.5 Å². The summed E-state index contributed by atoms with van der Waals surface area (Å²) >= 11 is 6.01. The van der Waals surface area contributed by atoms with E-state index in [9.17, 15) is 9.59 Å². The number of carbonyl (C=O) groups excluding carboxylic acids is 2. The predicted molar refractivity (Wildman–Crippen MR) is 86.6 cm³/mol. The molecule has 2 amide bonds. The standard InChI is InChI=1S/C16H22ClN3O2/c1-12(2)20(9-13-4-3-5-14(17)8-13)11-16(22)19-7-6-18-15(21)10-19/h3-5,8,12H,6-7,9-11H2,1-2H3,(H,18,21). The molecule has 1 aliphatic rings. The van der Waals surface area contributed by atoms with Crippen LogP contribution in [-0.4, -0.2) is 53.8 Å². The summed E-state index contributed by atoms with van der Waals surface area (Å²) in [6.07, 6.45) is 0. The van der Waals surface area contributed by atoms with Gasteiger partial charge in [-0.05, 0) is 31.5 Å². The van der Waals surface area contributed by atoms with E-state index in [0.29, 0.717) is 31.2 Å². The van der Waals surface area contributed by atoms with Gasteiger partial charge in [0, 0.05) is 30.7 Å². The Kier molecular flexibility index (Phi) is 5.80. The van der Waals surface area contributed by atoms with Crippen molar-refractivity contribution in [3.8, 4) is 0 Å². The van der Waals surface area contributed by atoms with Crippen molar-refractivity contribution < 1.29 is 9.59 Å². The fourth-order valence-corrected chi connectivity index (χ4v) is 2.63. The molecule has 0 saturated carbocycles. The first-order valence-corrected chi connectivity index (χ1v) is 7.86. The number of piperazine rings is 1. The van der Waals surface area contributed by atoms with E-state index in [4.69, 9.17) is 11.6 Å². The van der Waals surface area contributed by atoms with Crippen LogP contribution in [0.4, 0.5) is 0 Å². The minimum atomic E-state index is -0.0921. The summed E-state index contributed by atoms with van der Waals surface area (Å²) in [6, 6.07) is 7.88. The number of rotatable bonds is 5. The number of nitrogens with one attached hydrogen (secondary N) is 1. The molecule has 0 atom stereocenters. The van der Waals surface area contributed by atoms with E-state index in [1.54, 1.807) is 4.90 Å². The molecular weight excluding hydrogens is 302 g/mol. The lowest BCUT2D eigenvalue weighted by Gasteiger charge is -2.31. The Morgan fingerprint density at radius 2 is 2.23 bits per heavy atom. The summed E-state index contributed by atoms with van der Waals surface area (Å²) < 4.78 is 0. The molecule has 5 nitrogen and oxygen atoms in total. The first-order valence-electron chi connectivity index (χ1n) is 7.48. The molecule has 0 radical (unpaired) electrons. The highest BCUT2D eigenvalue weighted by atomic mass is 35.5. The van der Waals surface area contributed by atoms with Gasteiger partial charge in [-0.1, -0.05) is 23.7 Å². The van der Waals surface area contributed by atoms with Crippen LogP contribution in [0.25, 0.3) is 0 Å². The summed E-state index contributed by atoms with van der Waals surface area (Å²) in [7, 11) is 0. The van der Waals surface area contributed by atoms with Gasteiger partial charge in [0.05, 0.1) is 13.1 Å². The quantitative estimate of drug-likeness (QED) is 0.893. The SMILES string of the molecule is CC(C)N(CC(=O)N1CCNC(=O)C1)Cc1cccc(Cl)c1. The highest BCUT2D eigenvalue weighted by molar-refractivity contribution is 6.30. The molecule has 1 fully saturated rings. The molecule has 0 bridgehead atoms. The topological polar surface area (TPSA) is 52.7 Å². The van der Waals surface area contributed by atoms with E-state index >= 15 is 0 Å². The lowest BCUT2D eigenvalue weighted by atomic mass is 10.2. The van der Waals surface area contributed by atoms with Crippen molar-refractivity contribution in [2.24, 2.45) is 0 Å². The molecule has 22 heavy (non-hydrogen) atoms. The maximum Gasteiger partial charge on any atom is 0.239 e. The summed E-state index contributed by atoms with van der Waals surface area (Å²) in [5.74, 6) is -0.101. The largest absolute Gasteiger partial charge is 0.353 e. The van der Waals surface area contributed by atoms with E-state index in [1.807, 2.05) is 24.3 Å². The normalized spacial score (nSPS) is 15.3. The molecule has 2 rings (SSSR count). The number of halogens is 1. The van der Waals surface area contributed by atoms with Crippen molar-refractivity contribution in [2.45, 2.75) is 26.4 Å². The van der Waals surface area contributed by atoms with Crippen LogP contribution in [0.1, 0.15) is 19.4 Å². The van der Waals surface area contributed by atoms with Gasteiger partial charge in [0.15, 0.2) is 0 Å². The Balaban J connectivity index is 1.99. The van der Waals surface area contributed by atoms with Gasteiger partial charge in [-0.2, -0.15) is 0 Å². The molecule has 1 aliphatic heterocycles. The summed E-state index contributed by atoms with van der Waals surface area (Å²) in [5, 5.41) is 3.42. The van der Waals surface area contributed by atoms with Crippen LogP contribution in [0.3, 0.4) is 0 Å². The van der Waals surface area contributed by atoms with Crippen molar-refractivity contribution in [3.05, 3.63) is 34.9 Å². The summed E-state index contributed by atoms with van der Waals surface area (Å²) in [4.78, 5) is 27.5. The number of hydrogen-bond acceptors (Lipinski definition) is 3. The van der Waals surface area contributed by atoms with Crippen LogP contribution < -0.4 is 5.32 Å². The van der Waals surface area contributed by atoms with E-state index < -0.39 is 0 Å². The molecule has 6 heteroatoms. The first kappa shape index (κ1) is 16.8. The molecule has 0 unspecified atom stereocenters. The number of hydrogen-bond donors (Lipinski definition) is 1. The highest BCUT2D eigenvalue weighted by Gasteiger charge is 2.23. The maximum absolute atomic E-state index is 12.4. The second-order valence-corrected chi connectivity index (χ2v) is 6.23. The maximum atomic E-state index is 12.4. The Bertz CT molecular complexity index is 548. The van der Waals surface area contributed by atoms with E-state index in [1.165, 1.54) is 0 Å². The minimum absolute atomic E-state index is 0.00872. The fraction of sp³-hybridized carbons (Fsp3) is 0.500. The third kappa shape index (κ3) is 4.71. The van der Waals surface area contributed by atoms with Gasteiger partial charge in [-0.25, -0.2) is 0 Å². The second kappa shape index (κ2) is 7.61. The Labute approximate surface area is 136 Å². The van der Waals surface area contributed by atoms with Crippen LogP contribution in [0.15, 0.2) is 24.3 Å². The van der Waals surface area contributed by atoms with Gasteiger partial charge in [-0.15, -0.1) is 0 Å². The predicted octanol–water partition coefficient (Wildman–Crippen LogP) is 1.51. The monoisotopic (exact) mass is 323 g/mol. The molecule has 0 spiro atoms. The second-order valence-electron chi connectivity index (χ2n) is 5.79. The lowest BCUT2D eigenvalue weighted by molar-refractivity contribution is -0.139. The average molecular weight is 324 g/mol. The summed E-state index contributed by atoms with van der Waals surface area (Å²) in [6.45, 7) is 6.33. The molecule has 0 aromatic heterocycles. The van der Waals surface area contributed by atoms with E-state index in [0.717, 1.165) is 5.56 Å². The van der Waals surface area contributed by atoms with Gasteiger partial charge in [0.25, 0.3) is 0 Å². The van der Waals surface area contributed by atoms with Gasteiger partial charge >= 0.3 is 0 Å². The third-order valence-electron chi connectivity index (χ3n) is 3.73. The smallest absolute Gasteiger partial charge is 0.239 e. The molecular formula is C16H22ClN3O2. The van der Waals surface area contributed by atoms with Crippen molar-refractivity contribution in [3.63, 3.8) is 0 Å². The minimum Gasteiger partial charge on any atom is -0.353 e. The third-order valence-corrected chi connectivity index (χ3v) is 3.97. The van der Waals surface area contributed by atoms with E-state index in [2.05, 4.69) is 24.1 Å². The van der Waals surface area contributed by atoms with Crippen LogP contribution >= 0.6 is 11.6 Å². The Hall–Kier alpha value is -1.59. The molecule has 1 N–H and O–H groups in total. The molecule has 1 heterocycles. The van der Waals surface area contributed by atoms with E-state index in [-0.39, 0.29) is 24.4 Å². The van der Waals surface area contributed by atoms with Crippen LogP contribution in [0, 0.1) is 0 Å². The summed E-state index contributed by atoms with van der Waals surface area (Å²) in [5.41, 5.74) is 1.07. The zero-order valence-electron chi connectivity index (χ0n) is 13.0. The van der Waals surface area contributed by atoms with Gasteiger partial charge in [0.2, 0.25) is 11.8 Å². The molecule has 1 aromatic carbocycles.